The summed E-state index contributed by atoms with van der Waals surface area (Å²) in [6, 6.07) is 9.37. The van der Waals surface area contributed by atoms with Gasteiger partial charge >= 0.3 is 0 Å². The van der Waals surface area contributed by atoms with Crippen LogP contribution >= 0.6 is 11.3 Å². The first-order valence-electron chi connectivity index (χ1n) is 11.8. The van der Waals surface area contributed by atoms with Crippen molar-refractivity contribution >= 4 is 40.1 Å². The third kappa shape index (κ3) is 3.82. The molecule has 1 aliphatic heterocycles. The van der Waals surface area contributed by atoms with E-state index in [4.69, 9.17) is 9.40 Å². The number of likely N-dealkylation sites (tertiary alicyclic amines) is 1. The molecule has 3 aromatic heterocycles. The van der Waals surface area contributed by atoms with Crippen LogP contribution in [0.1, 0.15) is 40.5 Å². The molecule has 6 rings (SSSR count). The summed E-state index contributed by atoms with van der Waals surface area (Å²) in [7, 11) is 0. The fraction of sp³-hybridized carbons (Fsp3) is 0.308. The normalized spacial score (nSPS) is 21.1. The Morgan fingerprint density at radius 3 is 2.92 bits per heavy atom. The van der Waals surface area contributed by atoms with E-state index in [1.165, 1.54) is 23.8 Å². The van der Waals surface area contributed by atoms with Crippen molar-refractivity contribution in [2.75, 3.05) is 18.4 Å². The number of carbonyl (C=O) groups excluding carboxylic acids is 2. The first-order valence-corrected chi connectivity index (χ1v) is 12.6. The Bertz CT molecular complexity index is 1460. The second-order valence-corrected chi connectivity index (χ2v) is 10.6. The Morgan fingerprint density at radius 2 is 2.17 bits per heavy atom. The van der Waals surface area contributed by atoms with Crippen LogP contribution in [-0.2, 0) is 11.4 Å². The molecule has 1 aliphatic carbocycles. The minimum atomic E-state index is -0.248. The van der Waals surface area contributed by atoms with Crippen molar-refractivity contribution in [3.63, 3.8) is 0 Å². The Kier molecular flexibility index (Phi) is 5.50. The zero-order valence-corrected chi connectivity index (χ0v) is 20.3. The van der Waals surface area contributed by atoms with Crippen LogP contribution in [0.15, 0.2) is 60.0 Å². The van der Waals surface area contributed by atoms with Gasteiger partial charge in [0.15, 0.2) is 12.2 Å². The van der Waals surface area contributed by atoms with Gasteiger partial charge in [0, 0.05) is 19.1 Å². The minimum absolute atomic E-state index is 0.0235. The average Bonchev–Trinajstić information content (AvgIpc) is 3.66. The molecule has 0 bridgehead atoms. The summed E-state index contributed by atoms with van der Waals surface area (Å²) in [5.74, 6) is 0.826. The van der Waals surface area contributed by atoms with E-state index in [9.17, 15) is 14.7 Å². The molecule has 0 radical (unpaired) electrons. The molecule has 2 aliphatic rings. The number of aromatic nitrogens is 3. The largest absolute Gasteiger partial charge is 0.443 e. The monoisotopic (exact) mass is 503 g/mol. The number of aliphatic hydroxyl groups is 1. The number of anilines is 1. The number of imidazole rings is 1. The number of fused-ring (bicyclic) bond motifs is 1. The van der Waals surface area contributed by atoms with Crippen LogP contribution in [0.2, 0.25) is 0 Å². The number of benzene rings is 1. The lowest BCUT2D eigenvalue weighted by Gasteiger charge is -2.46. The van der Waals surface area contributed by atoms with Crippen molar-refractivity contribution in [3.05, 3.63) is 66.0 Å². The highest BCUT2D eigenvalue weighted by Gasteiger charge is 2.50. The lowest BCUT2D eigenvalue weighted by atomic mass is 9.64. The van der Waals surface area contributed by atoms with Crippen LogP contribution in [0.5, 0.6) is 0 Å². The Balaban J connectivity index is 1.28. The molecule has 2 amide bonds. The molecular formula is C26H25N5O4S. The van der Waals surface area contributed by atoms with Gasteiger partial charge in [-0.3, -0.25) is 14.9 Å². The number of oxazole rings is 1. The summed E-state index contributed by atoms with van der Waals surface area (Å²) in [5, 5.41) is 12.7. The standard InChI is InChI=1S/C26H25N5O4S/c1-2-23(33)30-8-7-26(14-30)10-17(11-26)31-19-9-16(13-32)3-4-18(19)28-25(31)29-24(34)22-6-5-21(36-22)20-12-27-15-35-20/h2-6,9,12,15,17,32H,1,7-8,10-11,13-14H2,(H,28,29,34)/t17-,26+. The highest BCUT2D eigenvalue weighted by atomic mass is 32.1. The zero-order chi connectivity index (χ0) is 24.9. The van der Waals surface area contributed by atoms with E-state index in [-0.39, 0.29) is 29.9 Å². The number of aliphatic hydroxyl groups excluding tert-OH is 1. The summed E-state index contributed by atoms with van der Waals surface area (Å²) in [6.07, 6.45) is 7.09. The van der Waals surface area contributed by atoms with Crippen LogP contribution in [0, 0.1) is 5.41 Å². The van der Waals surface area contributed by atoms with Crippen molar-refractivity contribution < 1.29 is 19.1 Å². The number of amides is 2. The third-order valence-corrected chi connectivity index (χ3v) is 8.39. The Morgan fingerprint density at radius 1 is 1.31 bits per heavy atom. The summed E-state index contributed by atoms with van der Waals surface area (Å²) in [5.41, 5.74) is 2.50. The summed E-state index contributed by atoms with van der Waals surface area (Å²) in [4.78, 5) is 37.2. The van der Waals surface area contributed by atoms with Crippen molar-refractivity contribution in [1.29, 1.82) is 0 Å². The molecule has 0 unspecified atom stereocenters. The van der Waals surface area contributed by atoms with E-state index in [1.54, 1.807) is 12.3 Å². The lowest BCUT2D eigenvalue weighted by Crippen LogP contribution is -2.42. The van der Waals surface area contributed by atoms with Gasteiger partial charge in [0.05, 0.1) is 33.6 Å². The summed E-state index contributed by atoms with van der Waals surface area (Å²) >= 11 is 1.32. The molecule has 36 heavy (non-hydrogen) atoms. The highest BCUT2D eigenvalue weighted by Crippen LogP contribution is 2.55. The van der Waals surface area contributed by atoms with Crippen LogP contribution in [0.25, 0.3) is 21.7 Å². The quantitative estimate of drug-likeness (QED) is 0.381. The SMILES string of the molecule is C=CC(=O)N1CC[C@]2(C1)C[C@@H](n1c(NC(=O)c3ccc(-c4cnco4)s3)nc3ccc(CO)cc31)C2. The molecule has 0 atom stereocenters. The minimum Gasteiger partial charge on any atom is -0.443 e. The molecule has 9 nitrogen and oxygen atoms in total. The number of carbonyl (C=O) groups is 2. The number of hydrogen-bond donors (Lipinski definition) is 2. The highest BCUT2D eigenvalue weighted by molar-refractivity contribution is 7.17. The van der Waals surface area contributed by atoms with Crippen LogP contribution in [0.4, 0.5) is 5.95 Å². The molecule has 2 fully saturated rings. The van der Waals surface area contributed by atoms with Gasteiger partial charge in [-0.2, -0.15) is 0 Å². The maximum Gasteiger partial charge on any atom is 0.268 e. The molecule has 1 saturated heterocycles. The first-order chi connectivity index (χ1) is 17.5. The van der Waals surface area contributed by atoms with Crippen molar-refractivity contribution in [1.82, 2.24) is 19.4 Å². The number of nitrogens with one attached hydrogen (secondary N) is 1. The van der Waals surface area contributed by atoms with E-state index in [0.29, 0.717) is 16.6 Å². The van der Waals surface area contributed by atoms with Gasteiger partial charge in [-0.1, -0.05) is 12.6 Å². The Labute approximate surface area is 211 Å². The van der Waals surface area contributed by atoms with Crippen molar-refractivity contribution in [2.45, 2.75) is 31.9 Å². The van der Waals surface area contributed by atoms with Gasteiger partial charge in [-0.25, -0.2) is 9.97 Å². The van der Waals surface area contributed by atoms with E-state index in [0.717, 1.165) is 53.8 Å². The zero-order valence-electron chi connectivity index (χ0n) is 19.5. The van der Waals surface area contributed by atoms with Crippen molar-refractivity contribution in [3.8, 4) is 10.6 Å². The van der Waals surface area contributed by atoms with Gasteiger partial charge in [0.1, 0.15) is 0 Å². The van der Waals surface area contributed by atoms with Gasteiger partial charge in [-0.15, -0.1) is 11.3 Å². The van der Waals surface area contributed by atoms with Crippen LogP contribution in [-0.4, -0.2) is 49.4 Å². The van der Waals surface area contributed by atoms with Gasteiger partial charge in [-0.05, 0) is 60.6 Å². The van der Waals surface area contributed by atoms with E-state index < -0.39 is 0 Å². The number of nitrogens with zero attached hydrogens (tertiary/aromatic N) is 4. The number of thiophene rings is 1. The van der Waals surface area contributed by atoms with E-state index in [2.05, 4.69) is 21.4 Å². The molecule has 1 aromatic carbocycles. The van der Waals surface area contributed by atoms with E-state index in [1.807, 2.05) is 29.2 Å². The predicted molar refractivity (Wildman–Crippen MR) is 136 cm³/mol. The molecule has 4 aromatic rings. The molecule has 184 valence electrons. The lowest BCUT2D eigenvalue weighted by molar-refractivity contribution is -0.125. The molecule has 10 heteroatoms. The smallest absolute Gasteiger partial charge is 0.268 e. The summed E-state index contributed by atoms with van der Waals surface area (Å²) in [6.45, 7) is 5.01. The maximum absolute atomic E-state index is 13.2. The molecule has 1 saturated carbocycles. The third-order valence-electron chi connectivity index (χ3n) is 7.29. The maximum atomic E-state index is 13.2. The van der Waals surface area contributed by atoms with Gasteiger partial charge in [0.2, 0.25) is 11.9 Å². The fourth-order valence-corrected chi connectivity index (χ4v) is 6.35. The second kappa shape index (κ2) is 8.72. The fourth-order valence-electron chi connectivity index (χ4n) is 5.50. The van der Waals surface area contributed by atoms with Crippen molar-refractivity contribution in [2.24, 2.45) is 5.41 Å². The van der Waals surface area contributed by atoms with Gasteiger partial charge < -0.3 is 19.0 Å². The molecule has 2 N–H and O–H groups in total. The Hall–Kier alpha value is -3.76. The predicted octanol–water partition coefficient (Wildman–Crippen LogP) is 4.24. The van der Waals surface area contributed by atoms with E-state index >= 15 is 0 Å². The first kappa shape index (κ1) is 22.7. The van der Waals surface area contributed by atoms with Gasteiger partial charge in [0.25, 0.3) is 5.91 Å². The number of rotatable bonds is 6. The average molecular weight is 504 g/mol. The molecule has 4 heterocycles. The van der Waals surface area contributed by atoms with Crippen LogP contribution in [0.3, 0.4) is 0 Å². The number of hydrogen-bond acceptors (Lipinski definition) is 7. The molecule has 1 spiro atoms. The summed E-state index contributed by atoms with van der Waals surface area (Å²) < 4.78 is 7.43. The van der Waals surface area contributed by atoms with Crippen LogP contribution < -0.4 is 5.32 Å². The second-order valence-electron chi connectivity index (χ2n) is 9.55. The topological polar surface area (TPSA) is 113 Å². The molecular weight excluding hydrogens is 478 g/mol.